The van der Waals surface area contributed by atoms with E-state index in [1.807, 2.05) is 44.0 Å². The first-order valence-electron chi connectivity index (χ1n) is 7.77. The molecule has 4 nitrogen and oxygen atoms in total. The molecule has 0 saturated heterocycles. The molecule has 0 spiro atoms. The second kappa shape index (κ2) is 7.79. The molecule has 0 unspecified atom stereocenters. The van der Waals surface area contributed by atoms with Gasteiger partial charge in [-0.05, 0) is 44.7 Å². The van der Waals surface area contributed by atoms with E-state index in [2.05, 4.69) is 12.1 Å². The van der Waals surface area contributed by atoms with Gasteiger partial charge in [-0.15, -0.1) is 0 Å². The summed E-state index contributed by atoms with van der Waals surface area (Å²) in [5.74, 6) is 0.667. The van der Waals surface area contributed by atoms with Crippen molar-refractivity contribution in [2.45, 2.75) is 26.5 Å². The Labute approximate surface area is 137 Å². The number of carbonyl (C=O) groups is 1. The van der Waals surface area contributed by atoms with E-state index in [9.17, 15) is 4.79 Å². The van der Waals surface area contributed by atoms with Crippen molar-refractivity contribution >= 4 is 11.5 Å². The summed E-state index contributed by atoms with van der Waals surface area (Å²) in [6, 6.07) is 15.3. The zero-order valence-corrected chi connectivity index (χ0v) is 14.0. The fraction of sp³-hybridized carbons (Fsp3) is 0.316. The second-order valence-electron chi connectivity index (χ2n) is 6.00. The van der Waals surface area contributed by atoms with Crippen molar-refractivity contribution in [3.05, 3.63) is 59.7 Å². The summed E-state index contributed by atoms with van der Waals surface area (Å²) in [5, 5.41) is 0. The molecule has 4 heteroatoms. The summed E-state index contributed by atoms with van der Waals surface area (Å²) in [6.45, 7) is 4.96. The SMILES string of the molecule is CC(C)Oc1ccc(C(=O)CN(C)Cc2ccccc2)cc1N. The largest absolute Gasteiger partial charge is 0.489 e. The summed E-state index contributed by atoms with van der Waals surface area (Å²) >= 11 is 0. The van der Waals surface area contributed by atoms with Gasteiger partial charge in [0, 0.05) is 12.1 Å². The van der Waals surface area contributed by atoms with Crippen LogP contribution in [0.2, 0.25) is 0 Å². The van der Waals surface area contributed by atoms with Crippen LogP contribution in [0.5, 0.6) is 5.75 Å². The normalized spacial score (nSPS) is 11.0. The Morgan fingerprint density at radius 1 is 1.17 bits per heavy atom. The van der Waals surface area contributed by atoms with Crippen LogP contribution in [-0.2, 0) is 6.54 Å². The molecule has 0 heterocycles. The fourth-order valence-corrected chi connectivity index (χ4v) is 2.37. The van der Waals surface area contributed by atoms with Gasteiger partial charge < -0.3 is 10.5 Å². The van der Waals surface area contributed by atoms with Crippen LogP contribution in [0, 0.1) is 0 Å². The average molecular weight is 312 g/mol. The third-order valence-electron chi connectivity index (χ3n) is 3.40. The number of Topliss-reactive ketones (excluding diaryl/α,β-unsaturated/α-hetero) is 1. The molecule has 0 amide bonds. The molecule has 122 valence electrons. The van der Waals surface area contributed by atoms with Crippen molar-refractivity contribution in [3.8, 4) is 5.75 Å². The van der Waals surface area contributed by atoms with Gasteiger partial charge in [-0.3, -0.25) is 9.69 Å². The predicted octanol–water partition coefficient (Wildman–Crippen LogP) is 3.37. The summed E-state index contributed by atoms with van der Waals surface area (Å²) in [5.41, 5.74) is 8.26. The number of hydrogen-bond acceptors (Lipinski definition) is 4. The van der Waals surface area contributed by atoms with Gasteiger partial charge in [-0.2, -0.15) is 0 Å². The Balaban J connectivity index is 1.99. The van der Waals surface area contributed by atoms with Crippen molar-refractivity contribution in [2.24, 2.45) is 0 Å². The Bertz CT molecular complexity index is 654. The van der Waals surface area contributed by atoms with Gasteiger partial charge >= 0.3 is 0 Å². The lowest BCUT2D eigenvalue weighted by molar-refractivity contribution is 0.0943. The van der Waals surface area contributed by atoms with Crippen molar-refractivity contribution in [2.75, 3.05) is 19.3 Å². The van der Waals surface area contributed by atoms with Crippen LogP contribution in [0.3, 0.4) is 0 Å². The number of rotatable bonds is 7. The minimum Gasteiger partial charge on any atom is -0.489 e. The van der Waals surface area contributed by atoms with Crippen molar-refractivity contribution < 1.29 is 9.53 Å². The van der Waals surface area contributed by atoms with Crippen LogP contribution >= 0.6 is 0 Å². The number of ketones is 1. The molecule has 23 heavy (non-hydrogen) atoms. The molecule has 0 atom stereocenters. The Morgan fingerprint density at radius 2 is 1.87 bits per heavy atom. The van der Waals surface area contributed by atoms with Gasteiger partial charge in [-0.1, -0.05) is 30.3 Å². The van der Waals surface area contributed by atoms with Gasteiger partial charge in [0.15, 0.2) is 5.78 Å². The van der Waals surface area contributed by atoms with E-state index in [0.717, 1.165) is 6.54 Å². The maximum Gasteiger partial charge on any atom is 0.176 e. The number of benzene rings is 2. The molecule has 0 aromatic heterocycles. The fourth-order valence-electron chi connectivity index (χ4n) is 2.37. The standard InChI is InChI=1S/C19H24N2O2/c1-14(2)23-19-10-9-16(11-17(19)20)18(22)13-21(3)12-15-7-5-4-6-8-15/h4-11,14H,12-13,20H2,1-3H3. The Hall–Kier alpha value is -2.33. The molecule has 2 aromatic rings. The summed E-state index contributed by atoms with van der Waals surface area (Å²) in [6.07, 6.45) is 0.0517. The summed E-state index contributed by atoms with van der Waals surface area (Å²) < 4.78 is 5.59. The number of likely N-dealkylation sites (N-methyl/N-ethyl adjacent to an activating group) is 1. The van der Waals surface area contributed by atoms with E-state index >= 15 is 0 Å². The van der Waals surface area contributed by atoms with Crippen molar-refractivity contribution in [1.29, 1.82) is 0 Å². The topological polar surface area (TPSA) is 55.6 Å². The van der Waals surface area contributed by atoms with Crippen LogP contribution in [0.4, 0.5) is 5.69 Å². The average Bonchev–Trinajstić information content (AvgIpc) is 2.49. The minimum absolute atomic E-state index is 0.0474. The van der Waals surface area contributed by atoms with Crippen LogP contribution in [0.1, 0.15) is 29.8 Å². The van der Waals surface area contributed by atoms with Gasteiger partial charge in [0.25, 0.3) is 0 Å². The molecule has 2 rings (SSSR count). The van der Waals surface area contributed by atoms with E-state index in [1.165, 1.54) is 5.56 Å². The Kier molecular flexibility index (Phi) is 5.77. The molecule has 2 aromatic carbocycles. The molecule has 0 bridgehead atoms. The number of carbonyl (C=O) groups excluding carboxylic acids is 1. The van der Waals surface area contributed by atoms with E-state index in [4.69, 9.17) is 10.5 Å². The quantitative estimate of drug-likeness (QED) is 0.629. The number of anilines is 1. The van der Waals surface area contributed by atoms with Crippen LogP contribution < -0.4 is 10.5 Å². The first-order chi connectivity index (χ1) is 11.0. The number of ether oxygens (including phenoxy) is 1. The highest BCUT2D eigenvalue weighted by atomic mass is 16.5. The Morgan fingerprint density at radius 3 is 2.48 bits per heavy atom. The van der Waals surface area contributed by atoms with Crippen molar-refractivity contribution in [1.82, 2.24) is 4.90 Å². The molecule has 0 aliphatic rings. The van der Waals surface area contributed by atoms with E-state index in [0.29, 0.717) is 23.5 Å². The summed E-state index contributed by atoms with van der Waals surface area (Å²) in [7, 11) is 1.94. The van der Waals surface area contributed by atoms with E-state index in [1.54, 1.807) is 18.2 Å². The first-order valence-corrected chi connectivity index (χ1v) is 7.77. The maximum atomic E-state index is 12.4. The van der Waals surface area contributed by atoms with Gasteiger partial charge in [-0.25, -0.2) is 0 Å². The molecular formula is C19H24N2O2. The highest BCUT2D eigenvalue weighted by Crippen LogP contribution is 2.24. The molecule has 0 aliphatic heterocycles. The van der Waals surface area contributed by atoms with Gasteiger partial charge in [0.2, 0.25) is 0 Å². The molecule has 0 saturated carbocycles. The van der Waals surface area contributed by atoms with Crippen LogP contribution in [-0.4, -0.2) is 30.4 Å². The number of nitrogen functional groups attached to an aromatic ring is 1. The van der Waals surface area contributed by atoms with E-state index < -0.39 is 0 Å². The lowest BCUT2D eigenvalue weighted by Gasteiger charge is -2.17. The zero-order chi connectivity index (χ0) is 16.8. The maximum absolute atomic E-state index is 12.4. The van der Waals surface area contributed by atoms with Gasteiger partial charge in [0.1, 0.15) is 5.75 Å². The van der Waals surface area contributed by atoms with E-state index in [-0.39, 0.29) is 11.9 Å². The molecular weight excluding hydrogens is 288 g/mol. The van der Waals surface area contributed by atoms with Gasteiger partial charge in [0.05, 0.1) is 18.3 Å². The third-order valence-corrected chi connectivity index (χ3v) is 3.40. The highest BCUT2D eigenvalue weighted by Gasteiger charge is 2.12. The smallest absolute Gasteiger partial charge is 0.176 e. The summed E-state index contributed by atoms with van der Waals surface area (Å²) in [4.78, 5) is 14.4. The molecule has 0 fully saturated rings. The lowest BCUT2D eigenvalue weighted by atomic mass is 10.1. The van der Waals surface area contributed by atoms with Crippen LogP contribution in [0.15, 0.2) is 48.5 Å². The monoisotopic (exact) mass is 312 g/mol. The first kappa shape index (κ1) is 17.0. The minimum atomic E-state index is 0.0474. The predicted molar refractivity (Wildman–Crippen MR) is 93.7 cm³/mol. The zero-order valence-electron chi connectivity index (χ0n) is 14.0. The number of hydrogen-bond donors (Lipinski definition) is 1. The highest BCUT2D eigenvalue weighted by molar-refractivity contribution is 5.98. The van der Waals surface area contributed by atoms with Crippen LogP contribution in [0.25, 0.3) is 0 Å². The molecule has 0 aliphatic carbocycles. The second-order valence-corrected chi connectivity index (χ2v) is 6.00. The number of nitrogens with two attached hydrogens (primary N) is 1. The third kappa shape index (κ3) is 5.11. The number of nitrogens with zero attached hydrogens (tertiary/aromatic N) is 1. The molecule has 0 radical (unpaired) electrons. The van der Waals surface area contributed by atoms with Crippen molar-refractivity contribution in [3.63, 3.8) is 0 Å². The lowest BCUT2D eigenvalue weighted by Crippen LogP contribution is -2.25. The molecule has 2 N–H and O–H groups in total.